The third kappa shape index (κ3) is 3.88. The summed E-state index contributed by atoms with van der Waals surface area (Å²) in [5.74, 6) is -0.0164. The lowest BCUT2D eigenvalue weighted by Crippen LogP contribution is -2.49. The number of benzene rings is 1. The second kappa shape index (κ2) is 7.48. The monoisotopic (exact) mass is 341 g/mol. The number of nitrogens with one attached hydrogen (secondary N) is 2. The summed E-state index contributed by atoms with van der Waals surface area (Å²) in [5.41, 5.74) is 2.50. The van der Waals surface area contributed by atoms with E-state index < -0.39 is 0 Å². The Morgan fingerprint density at radius 2 is 2.20 bits per heavy atom. The highest BCUT2D eigenvalue weighted by molar-refractivity contribution is 5.94. The fraction of sp³-hybridized carbons (Fsp3) is 0.389. The van der Waals surface area contributed by atoms with E-state index in [4.69, 9.17) is 0 Å². The van der Waals surface area contributed by atoms with Gasteiger partial charge in [-0.15, -0.1) is 0 Å². The Labute approximate surface area is 147 Å². The van der Waals surface area contributed by atoms with Crippen LogP contribution in [0, 0.1) is 0 Å². The molecule has 3 rings (SSSR count). The van der Waals surface area contributed by atoms with Gasteiger partial charge in [0.05, 0.1) is 18.8 Å². The van der Waals surface area contributed by atoms with Gasteiger partial charge in [-0.1, -0.05) is 12.1 Å². The standard InChI is InChI=1S/C18H23N5O2/c1-19-18(25)14-5-3-4-13(8-14)16-11-23(7-6-22(16)2)17(24)9-15-10-20-12-21-15/h3-5,8,10,12,16H,6-7,9,11H2,1-2H3,(H,19,25)(H,20,21)/t16-/m0/s1. The van der Waals surface area contributed by atoms with Gasteiger partial charge in [0, 0.05) is 44.1 Å². The summed E-state index contributed by atoms with van der Waals surface area (Å²) >= 11 is 0. The molecule has 132 valence electrons. The maximum Gasteiger partial charge on any atom is 0.251 e. The Morgan fingerprint density at radius 1 is 1.36 bits per heavy atom. The Bertz CT molecular complexity index is 744. The van der Waals surface area contributed by atoms with Crippen LogP contribution in [0.1, 0.15) is 27.7 Å². The molecular weight excluding hydrogens is 318 g/mol. The first-order valence-corrected chi connectivity index (χ1v) is 8.36. The molecule has 2 N–H and O–H groups in total. The Balaban J connectivity index is 1.74. The van der Waals surface area contributed by atoms with Crippen molar-refractivity contribution in [1.82, 2.24) is 25.1 Å². The van der Waals surface area contributed by atoms with Crippen LogP contribution in [-0.4, -0.2) is 65.3 Å². The van der Waals surface area contributed by atoms with E-state index in [9.17, 15) is 9.59 Å². The number of likely N-dealkylation sites (N-methyl/N-ethyl adjacent to an activating group) is 1. The summed E-state index contributed by atoms with van der Waals surface area (Å²) < 4.78 is 0. The van der Waals surface area contributed by atoms with Crippen molar-refractivity contribution in [2.45, 2.75) is 12.5 Å². The minimum absolute atomic E-state index is 0.0732. The molecule has 2 aromatic rings. The summed E-state index contributed by atoms with van der Waals surface area (Å²) in [4.78, 5) is 35.5. The molecule has 0 unspecified atom stereocenters. The minimum Gasteiger partial charge on any atom is -0.355 e. The largest absolute Gasteiger partial charge is 0.355 e. The number of amides is 2. The summed E-state index contributed by atoms with van der Waals surface area (Å²) in [7, 11) is 3.67. The van der Waals surface area contributed by atoms with E-state index in [0.29, 0.717) is 25.1 Å². The van der Waals surface area contributed by atoms with Crippen LogP contribution in [0.5, 0.6) is 0 Å². The maximum absolute atomic E-state index is 12.6. The van der Waals surface area contributed by atoms with Crippen LogP contribution in [0.25, 0.3) is 0 Å². The van der Waals surface area contributed by atoms with Crippen molar-refractivity contribution in [3.8, 4) is 0 Å². The molecule has 0 saturated carbocycles. The number of carbonyl (C=O) groups excluding carboxylic acids is 2. The molecule has 25 heavy (non-hydrogen) atoms. The van der Waals surface area contributed by atoms with Gasteiger partial charge in [0.1, 0.15) is 0 Å². The van der Waals surface area contributed by atoms with Crippen molar-refractivity contribution in [1.29, 1.82) is 0 Å². The number of aromatic amines is 1. The molecule has 1 saturated heterocycles. The van der Waals surface area contributed by atoms with E-state index in [1.165, 1.54) is 0 Å². The summed E-state index contributed by atoms with van der Waals surface area (Å²) in [6, 6.07) is 7.68. The fourth-order valence-corrected chi connectivity index (χ4v) is 3.15. The van der Waals surface area contributed by atoms with Crippen LogP contribution in [0.2, 0.25) is 0 Å². The highest BCUT2D eigenvalue weighted by Gasteiger charge is 2.28. The average molecular weight is 341 g/mol. The number of carbonyl (C=O) groups is 2. The smallest absolute Gasteiger partial charge is 0.251 e. The van der Waals surface area contributed by atoms with Crippen LogP contribution in [-0.2, 0) is 11.2 Å². The molecule has 1 aliphatic rings. The Kier molecular flexibility index (Phi) is 5.14. The van der Waals surface area contributed by atoms with E-state index in [2.05, 4.69) is 20.2 Å². The molecule has 0 aliphatic carbocycles. The fourth-order valence-electron chi connectivity index (χ4n) is 3.15. The van der Waals surface area contributed by atoms with Gasteiger partial charge in [0.2, 0.25) is 5.91 Å². The van der Waals surface area contributed by atoms with E-state index in [1.807, 2.05) is 30.1 Å². The third-order valence-electron chi connectivity index (χ3n) is 4.66. The third-order valence-corrected chi connectivity index (χ3v) is 4.66. The number of nitrogens with zero attached hydrogens (tertiary/aromatic N) is 3. The summed E-state index contributed by atoms with van der Waals surface area (Å²) in [5, 5.41) is 2.65. The first-order valence-electron chi connectivity index (χ1n) is 8.36. The molecule has 1 aromatic carbocycles. The molecule has 7 nitrogen and oxygen atoms in total. The molecule has 2 amide bonds. The molecule has 7 heteroatoms. The van der Waals surface area contributed by atoms with Crippen molar-refractivity contribution in [3.05, 3.63) is 53.6 Å². The van der Waals surface area contributed by atoms with E-state index in [-0.39, 0.29) is 17.9 Å². The van der Waals surface area contributed by atoms with Crippen LogP contribution < -0.4 is 5.32 Å². The zero-order valence-corrected chi connectivity index (χ0v) is 14.5. The number of hydrogen-bond donors (Lipinski definition) is 2. The van der Waals surface area contributed by atoms with Gasteiger partial charge in [-0.3, -0.25) is 14.5 Å². The minimum atomic E-state index is -0.104. The van der Waals surface area contributed by atoms with Crippen LogP contribution in [0.3, 0.4) is 0 Å². The predicted octanol–water partition coefficient (Wildman–Crippen LogP) is 0.827. The number of rotatable bonds is 4. The number of piperazine rings is 1. The number of hydrogen-bond acceptors (Lipinski definition) is 4. The first kappa shape index (κ1) is 17.2. The predicted molar refractivity (Wildman–Crippen MR) is 94.1 cm³/mol. The van der Waals surface area contributed by atoms with Gasteiger partial charge in [-0.2, -0.15) is 0 Å². The van der Waals surface area contributed by atoms with Crippen molar-refractivity contribution < 1.29 is 9.59 Å². The zero-order valence-electron chi connectivity index (χ0n) is 14.5. The molecule has 1 aromatic heterocycles. The Hall–Kier alpha value is -2.67. The molecule has 1 aliphatic heterocycles. The van der Waals surface area contributed by atoms with E-state index >= 15 is 0 Å². The highest BCUT2D eigenvalue weighted by Crippen LogP contribution is 2.25. The summed E-state index contributed by atoms with van der Waals surface area (Å²) in [6.07, 6.45) is 3.59. The molecular formula is C18H23N5O2. The normalized spacial score (nSPS) is 18.2. The highest BCUT2D eigenvalue weighted by atomic mass is 16.2. The van der Waals surface area contributed by atoms with Crippen LogP contribution in [0.4, 0.5) is 0 Å². The van der Waals surface area contributed by atoms with Gasteiger partial charge in [-0.05, 0) is 24.7 Å². The second-order valence-corrected chi connectivity index (χ2v) is 6.29. The lowest BCUT2D eigenvalue weighted by Gasteiger charge is -2.39. The van der Waals surface area contributed by atoms with Crippen molar-refractivity contribution in [2.24, 2.45) is 0 Å². The van der Waals surface area contributed by atoms with E-state index in [1.54, 1.807) is 25.6 Å². The van der Waals surface area contributed by atoms with Gasteiger partial charge >= 0.3 is 0 Å². The first-order chi connectivity index (χ1) is 12.1. The van der Waals surface area contributed by atoms with E-state index in [0.717, 1.165) is 17.8 Å². The number of H-pyrrole nitrogens is 1. The molecule has 0 radical (unpaired) electrons. The summed E-state index contributed by atoms with van der Waals surface area (Å²) in [6.45, 7) is 2.11. The van der Waals surface area contributed by atoms with Crippen LogP contribution in [0.15, 0.2) is 36.8 Å². The maximum atomic E-state index is 12.6. The van der Waals surface area contributed by atoms with Gasteiger partial charge in [0.15, 0.2) is 0 Å². The Morgan fingerprint density at radius 3 is 2.92 bits per heavy atom. The molecule has 1 atom stereocenters. The van der Waals surface area contributed by atoms with Gasteiger partial charge < -0.3 is 15.2 Å². The molecule has 0 bridgehead atoms. The molecule has 0 spiro atoms. The second-order valence-electron chi connectivity index (χ2n) is 6.29. The van der Waals surface area contributed by atoms with Crippen molar-refractivity contribution in [2.75, 3.05) is 33.7 Å². The quantitative estimate of drug-likeness (QED) is 0.863. The average Bonchev–Trinajstić information content (AvgIpc) is 3.14. The molecule has 1 fully saturated rings. The van der Waals surface area contributed by atoms with Crippen molar-refractivity contribution >= 4 is 11.8 Å². The van der Waals surface area contributed by atoms with Crippen molar-refractivity contribution in [3.63, 3.8) is 0 Å². The zero-order chi connectivity index (χ0) is 17.8. The van der Waals surface area contributed by atoms with Gasteiger partial charge in [0.25, 0.3) is 5.91 Å². The van der Waals surface area contributed by atoms with Crippen LogP contribution >= 0.6 is 0 Å². The lowest BCUT2D eigenvalue weighted by atomic mass is 10.00. The lowest BCUT2D eigenvalue weighted by molar-refractivity contribution is -0.133. The topological polar surface area (TPSA) is 81.3 Å². The number of aromatic nitrogens is 2. The van der Waals surface area contributed by atoms with Gasteiger partial charge in [-0.25, -0.2) is 4.98 Å². The molecule has 2 heterocycles. The number of imidazole rings is 1. The SMILES string of the molecule is CNC(=O)c1cccc([C@@H]2CN(C(=O)Cc3cnc[nH]3)CCN2C)c1.